The van der Waals surface area contributed by atoms with Crippen molar-refractivity contribution in [3.05, 3.63) is 81.8 Å². The van der Waals surface area contributed by atoms with Crippen molar-refractivity contribution in [2.24, 2.45) is 5.10 Å². The smallest absolute Gasteiger partial charge is 0.347 e. The SMILES string of the molecule is COc1cc(/C(C)=N/NC(=O)C(=O)Nc2cc(Cl)cc(Cl)c2)ccc1OC(=O)c1ccccc1OC. The minimum absolute atomic E-state index is 0.175. The number of halogens is 2. The molecule has 2 amide bonds. The highest BCUT2D eigenvalue weighted by molar-refractivity contribution is 6.40. The first-order chi connectivity index (χ1) is 17.2. The van der Waals surface area contributed by atoms with E-state index < -0.39 is 17.8 Å². The topological polar surface area (TPSA) is 115 Å². The normalized spacial score (nSPS) is 10.9. The summed E-state index contributed by atoms with van der Waals surface area (Å²) in [5.74, 6) is -1.77. The number of methoxy groups -OCH3 is 2. The average Bonchev–Trinajstić information content (AvgIpc) is 2.86. The maximum absolute atomic E-state index is 12.6. The first-order valence-electron chi connectivity index (χ1n) is 10.4. The quantitative estimate of drug-likeness (QED) is 0.150. The summed E-state index contributed by atoms with van der Waals surface area (Å²) in [4.78, 5) is 36.9. The predicted molar refractivity (Wildman–Crippen MR) is 136 cm³/mol. The molecule has 0 radical (unpaired) electrons. The first-order valence-corrected chi connectivity index (χ1v) is 11.1. The molecular formula is C25H21Cl2N3O6. The van der Waals surface area contributed by atoms with Crippen LogP contribution in [0.5, 0.6) is 17.2 Å². The number of benzene rings is 3. The lowest BCUT2D eigenvalue weighted by Gasteiger charge is -2.12. The van der Waals surface area contributed by atoms with Crippen LogP contribution in [0.25, 0.3) is 0 Å². The van der Waals surface area contributed by atoms with E-state index in [0.29, 0.717) is 27.1 Å². The van der Waals surface area contributed by atoms with E-state index in [1.54, 1.807) is 43.3 Å². The van der Waals surface area contributed by atoms with Crippen LogP contribution in [-0.2, 0) is 9.59 Å². The van der Waals surface area contributed by atoms with Crippen LogP contribution >= 0.6 is 23.2 Å². The monoisotopic (exact) mass is 529 g/mol. The van der Waals surface area contributed by atoms with E-state index in [4.69, 9.17) is 37.4 Å². The number of amides is 2. The number of rotatable bonds is 7. The van der Waals surface area contributed by atoms with E-state index in [1.807, 2.05) is 0 Å². The largest absolute Gasteiger partial charge is 0.496 e. The highest BCUT2D eigenvalue weighted by Crippen LogP contribution is 2.30. The van der Waals surface area contributed by atoms with E-state index >= 15 is 0 Å². The Morgan fingerprint density at radius 3 is 2.14 bits per heavy atom. The summed E-state index contributed by atoms with van der Waals surface area (Å²) < 4.78 is 16.0. The van der Waals surface area contributed by atoms with Crippen molar-refractivity contribution in [2.75, 3.05) is 19.5 Å². The Morgan fingerprint density at radius 1 is 0.806 bits per heavy atom. The second-order valence-corrected chi connectivity index (χ2v) is 8.08. The molecule has 0 saturated heterocycles. The van der Waals surface area contributed by atoms with Gasteiger partial charge in [0.25, 0.3) is 0 Å². The molecule has 0 fully saturated rings. The van der Waals surface area contributed by atoms with Crippen molar-refractivity contribution in [3.8, 4) is 17.2 Å². The molecule has 0 aromatic heterocycles. The van der Waals surface area contributed by atoms with Gasteiger partial charge in [0.05, 0.1) is 19.9 Å². The van der Waals surface area contributed by atoms with Gasteiger partial charge in [-0.25, -0.2) is 10.2 Å². The number of nitrogens with one attached hydrogen (secondary N) is 2. The van der Waals surface area contributed by atoms with Gasteiger partial charge in [0.1, 0.15) is 11.3 Å². The molecule has 0 bridgehead atoms. The van der Waals surface area contributed by atoms with E-state index in [1.165, 1.54) is 38.5 Å². The zero-order chi connectivity index (χ0) is 26.2. The molecule has 3 aromatic rings. The zero-order valence-electron chi connectivity index (χ0n) is 19.4. The Bertz CT molecular complexity index is 1320. The molecule has 0 aliphatic carbocycles. The molecule has 36 heavy (non-hydrogen) atoms. The minimum Gasteiger partial charge on any atom is -0.496 e. The van der Waals surface area contributed by atoms with Crippen LogP contribution in [0.1, 0.15) is 22.8 Å². The Morgan fingerprint density at radius 2 is 1.47 bits per heavy atom. The molecule has 0 aliphatic heterocycles. The number of para-hydroxylation sites is 1. The Hall–Kier alpha value is -4.08. The molecule has 0 unspecified atom stereocenters. The minimum atomic E-state index is -1.00. The van der Waals surface area contributed by atoms with Gasteiger partial charge in [0.2, 0.25) is 0 Å². The van der Waals surface area contributed by atoms with Crippen molar-refractivity contribution < 1.29 is 28.6 Å². The summed E-state index contributed by atoms with van der Waals surface area (Å²) in [5, 5.41) is 6.95. The fourth-order valence-electron chi connectivity index (χ4n) is 3.01. The molecule has 0 saturated carbocycles. The lowest BCUT2D eigenvalue weighted by Crippen LogP contribution is -2.32. The number of carbonyl (C=O) groups is 3. The Balaban J connectivity index is 1.69. The van der Waals surface area contributed by atoms with Crippen LogP contribution in [0, 0.1) is 0 Å². The second kappa shape index (κ2) is 12.1. The molecule has 186 valence electrons. The summed E-state index contributed by atoms with van der Waals surface area (Å²) in [6, 6.07) is 15.8. The number of ether oxygens (including phenoxy) is 3. The Kier molecular flexibility index (Phi) is 8.88. The van der Waals surface area contributed by atoms with Gasteiger partial charge in [-0.3, -0.25) is 9.59 Å². The van der Waals surface area contributed by atoms with Crippen LogP contribution < -0.4 is 25.0 Å². The number of hydrogen-bond donors (Lipinski definition) is 2. The number of nitrogens with zero attached hydrogens (tertiary/aromatic N) is 1. The summed E-state index contributed by atoms with van der Waals surface area (Å²) in [6.45, 7) is 1.62. The lowest BCUT2D eigenvalue weighted by atomic mass is 10.1. The summed E-state index contributed by atoms with van der Waals surface area (Å²) in [6.07, 6.45) is 0. The van der Waals surface area contributed by atoms with Crippen LogP contribution in [0.15, 0.2) is 65.8 Å². The predicted octanol–water partition coefficient (Wildman–Crippen LogP) is 4.71. The van der Waals surface area contributed by atoms with Crippen LogP contribution in [0.2, 0.25) is 10.0 Å². The summed E-state index contributed by atoms with van der Waals surface area (Å²) >= 11 is 11.8. The van der Waals surface area contributed by atoms with Gasteiger partial charge < -0.3 is 19.5 Å². The highest BCUT2D eigenvalue weighted by Gasteiger charge is 2.18. The number of carbonyl (C=O) groups excluding carboxylic acids is 3. The zero-order valence-corrected chi connectivity index (χ0v) is 20.9. The van der Waals surface area contributed by atoms with Gasteiger partial charge in [-0.15, -0.1) is 0 Å². The number of esters is 1. The third kappa shape index (κ3) is 6.74. The maximum Gasteiger partial charge on any atom is 0.347 e. The van der Waals surface area contributed by atoms with Gasteiger partial charge >= 0.3 is 17.8 Å². The van der Waals surface area contributed by atoms with Gasteiger partial charge in [-0.2, -0.15) is 5.10 Å². The maximum atomic E-state index is 12.6. The van der Waals surface area contributed by atoms with Gasteiger partial charge in [0.15, 0.2) is 11.5 Å². The summed E-state index contributed by atoms with van der Waals surface area (Å²) in [7, 11) is 2.87. The molecule has 0 spiro atoms. The number of anilines is 1. The van der Waals surface area contributed by atoms with Gasteiger partial charge in [-0.05, 0) is 55.5 Å². The van der Waals surface area contributed by atoms with Crippen molar-refractivity contribution in [2.45, 2.75) is 6.92 Å². The first kappa shape index (κ1) is 26.5. The third-order valence-corrected chi connectivity index (χ3v) is 5.20. The molecular weight excluding hydrogens is 509 g/mol. The summed E-state index contributed by atoms with van der Waals surface area (Å²) in [5.41, 5.74) is 3.61. The fourth-order valence-corrected chi connectivity index (χ4v) is 3.53. The molecule has 11 heteroatoms. The van der Waals surface area contributed by atoms with Gasteiger partial charge in [-0.1, -0.05) is 35.3 Å². The average molecular weight is 530 g/mol. The molecule has 3 aromatic carbocycles. The molecule has 0 atom stereocenters. The molecule has 3 rings (SSSR count). The highest BCUT2D eigenvalue weighted by atomic mass is 35.5. The Labute approximate surface area is 216 Å². The van der Waals surface area contributed by atoms with Crippen molar-refractivity contribution in [1.82, 2.24) is 5.43 Å². The molecule has 0 heterocycles. The molecule has 9 nitrogen and oxygen atoms in total. The van der Waals surface area contributed by atoms with Crippen LogP contribution in [0.3, 0.4) is 0 Å². The van der Waals surface area contributed by atoms with E-state index in [0.717, 1.165) is 0 Å². The standard InChI is InChI=1S/C25H21Cl2N3O6/c1-14(29-30-24(32)23(31)28-18-12-16(26)11-17(27)13-18)15-8-9-21(22(10-15)35-3)36-25(33)19-6-4-5-7-20(19)34-2/h4-13H,1-3H3,(H,28,31)(H,30,32)/b29-14+. The van der Waals surface area contributed by atoms with E-state index in [9.17, 15) is 14.4 Å². The fraction of sp³-hybridized carbons (Fsp3) is 0.120. The number of hydrazone groups is 1. The van der Waals surface area contributed by atoms with E-state index in [2.05, 4.69) is 15.8 Å². The molecule has 0 aliphatic rings. The van der Waals surface area contributed by atoms with Gasteiger partial charge in [0, 0.05) is 21.3 Å². The van der Waals surface area contributed by atoms with E-state index in [-0.39, 0.29) is 22.7 Å². The van der Waals surface area contributed by atoms with Crippen molar-refractivity contribution in [1.29, 1.82) is 0 Å². The van der Waals surface area contributed by atoms with Crippen molar-refractivity contribution >= 4 is 52.4 Å². The number of hydrogen-bond acceptors (Lipinski definition) is 7. The lowest BCUT2D eigenvalue weighted by molar-refractivity contribution is -0.136. The van der Waals surface area contributed by atoms with Crippen LogP contribution in [-0.4, -0.2) is 37.7 Å². The third-order valence-electron chi connectivity index (χ3n) is 4.76. The molecule has 2 N–H and O–H groups in total. The second-order valence-electron chi connectivity index (χ2n) is 7.21. The van der Waals surface area contributed by atoms with Crippen molar-refractivity contribution in [3.63, 3.8) is 0 Å². The van der Waals surface area contributed by atoms with Crippen LogP contribution in [0.4, 0.5) is 5.69 Å².